The Bertz CT molecular complexity index is 1020. The van der Waals surface area contributed by atoms with Crippen LogP contribution in [0.1, 0.15) is 69.7 Å². The lowest BCUT2D eigenvalue weighted by atomic mass is 10.1. The largest absolute Gasteiger partial charge is 0.480 e. The number of hydrogen-bond donors (Lipinski definition) is 3. The number of nitrogens with zero attached hydrogens (tertiary/aromatic N) is 2. The number of rotatable bonds is 14. The van der Waals surface area contributed by atoms with Crippen molar-refractivity contribution in [2.45, 2.75) is 83.8 Å². The van der Waals surface area contributed by atoms with Crippen LogP contribution in [0.25, 0.3) is 0 Å². The second-order valence-electron chi connectivity index (χ2n) is 11.1. The third kappa shape index (κ3) is 10.7. The van der Waals surface area contributed by atoms with Gasteiger partial charge in [0.25, 0.3) is 0 Å². The molecule has 0 saturated heterocycles. The van der Waals surface area contributed by atoms with Gasteiger partial charge in [0.15, 0.2) is 0 Å². The van der Waals surface area contributed by atoms with Gasteiger partial charge in [0.2, 0.25) is 0 Å². The van der Waals surface area contributed by atoms with E-state index in [2.05, 4.69) is 51.9 Å². The van der Waals surface area contributed by atoms with Crippen LogP contribution in [0.5, 0.6) is 0 Å². The monoisotopic (exact) mass is 524 g/mol. The van der Waals surface area contributed by atoms with Crippen LogP contribution in [-0.2, 0) is 28.8 Å². The number of fused-ring (bicyclic) bond motifs is 1. The number of carboxylic acids is 1. The summed E-state index contributed by atoms with van der Waals surface area (Å²) in [4.78, 5) is 31.1. The first-order valence-corrected chi connectivity index (χ1v) is 13.9. The number of aliphatic carboxylic acids is 1. The molecule has 0 fully saturated rings. The van der Waals surface area contributed by atoms with Crippen molar-refractivity contribution in [2.24, 2.45) is 0 Å². The number of ether oxygens (including phenoxy) is 1. The van der Waals surface area contributed by atoms with E-state index in [1.54, 1.807) is 20.8 Å². The molecule has 1 aromatic heterocycles. The fourth-order valence-electron chi connectivity index (χ4n) is 4.66. The third-order valence-corrected chi connectivity index (χ3v) is 6.61. The van der Waals surface area contributed by atoms with Crippen LogP contribution in [0.2, 0.25) is 0 Å². The smallest absolute Gasteiger partial charge is 0.408 e. The summed E-state index contributed by atoms with van der Waals surface area (Å²) in [6.45, 7) is 8.59. The lowest BCUT2D eigenvalue weighted by molar-refractivity contribution is -0.139. The van der Waals surface area contributed by atoms with Crippen LogP contribution in [0.3, 0.4) is 0 Å². The van der Waals surface area contributed by atoms with Gasteiger partial charge in [-0.15, -0.1) is 0 Å². The number of alkyl carbamates (subject to hydrolysis) is 1. The number of carboxylic acid groups (broad SMARTS) is 1. The van der Waals surface area contributed by atoms with E-state index >= 15 is 0 Å². The number of aromatic nitrogens is 1. The molecule has 8 nitrogen and oxygen atoms in total. The Labute approximate surface area is 227 Å². The number of unbranched alkanes of at least 4 members (excludes halogenated alkanes) is 1. The first-order valence-electron chi connectivity index (χ1n) is 13.9. The summed E-state index contributed by atoms with van der Waals surface area (Å²) >= 11 is 0. The Balaban J connectivity index is 1.51. The van der Waals surface area contributed by atoms with Gasteiger partial charge in [-0.05, 0) is 102 Å². The molecule has 38 heavy (non-hydrogen) atoms. The van der Waals surface area contributed by atoms with E-state index in [1.807, 2.05) is 6.07 Å². The molecule has 3 rings (SSSR count). The van der Waals surface area contributed by atoms with Crippen LogP contribution in [0.4, 0.5) is 10.6 Å². The van der Waals surface area contributed by atoms with Gasteiger partial charge in [-0.3, -0.25) is 0 Å². The van der Waals surface area contributed by atoms with Gasteiger partial charge < -0.3 is 25.4 Å². The van der Waals surface area contributed by atoms with Gasteiger partial charge >= 0.3 is 12.1 Å². The molecule has 2 heterocycles. The van der Waals surface area contributed by atoms with Gasteiger partial charge in [0.1, 0.15) is 17.5 Å². The second kappa shape index (κ2) is 14.7. The van der Waals surface area contributed by atoms with Crippen molar-refractivity contribution in [3.8, 4) is 0 Å². The minimum atomic E-state index is -1.05. The molecule has 1 amide bonds. The van der Waals surface area contributed by atoms with E-state index in [4.69, 9.17) is 9.72 Å². The fraction of sp³-hybridized carbons (Fsp3) is 0.567. The number of amides is 1. The maximum Gasteiger partial charge on any atom is 0.408 e. The van der Waals surface area contributed by atoms with Crippen molar-refractivity contribution in [1.82, 2.24) is 15.2 Å². The number of carbonyl (C=O) groups excluding carboxylic acids is 1. The molecule has 0 saturated carbocycles. The number of carbonyl (C=O) groups is 2. The molecule has 1 aliphatic heterocycles. The zero-order valence-electron chi connectivity index (χ0n) is 23.2. The summed E-state index contributed by atoms with van der Waals surface area (Å²) in [6, 6.07) is 13.7. The average molecular weight is 525 g/mol. The van der Waals surface area contributed by atoms with E-state index in [-0.39, 0.29) is 0 Å². The quantitative estimate of drug-likeness (QED) is 0.297. The Morgan fingerprint density at radius 3 is 2.55 bits per heavy atom. The molecule has 2 aromatic rings. The summed E-state index contributed by atoms with van der Waals surface area (Å²) < 4.78 is 5.26. The van der Waals surface area contributed by atoms with Crippen molar-refractivity contribution in [3.05, 3.63) is 59.3 Å². The Kier molecular flexibility index (Phi) is 11.4. The van der Waals surface area contributed by atoms with Gasteiger partial charge in [-0.1, -0.05) is 36.4 Å². The van der Waals surface area contributed by atoms with Gasteiger partial charge in [-0.2, -0.15) is 0 Å². The molecule has 1 atom stereocenters. The normalized spacial score (nSPS) is 13.9. The molecular formula is C30H44N4O4. The number of benzene rings is 1. The number of aryl methyl sites for hydroxylation is 3. The molecule has 3 N–H and O–H groups in total. The molecule has 0 aliphatic carbocycles. The van der Waals surface area contributed by atoms with Gasteiger partial charge in [-0.25, -0.2) is 14.6 Å². The standard InChI is InChI=1S/C30H44N4O4/c1-30(2,3)38-29(37)33-26(28(35)36)18-22-34(21-10-13-23-11-5-4-6-12-23)20-8-7-15-25-17-16-24-14-9-19-31-27(24)32-25/h4-6,11-12,16-17,26H,7-10,13-15,18-22H2,1-3H3,(H,31,32)(H,33,37)(H,35,36)/t26-/m0/s1. The third-order valence-electron chi connectivity index (χ3n) is 6.61. The molecule has 0 spiro atoms. The second-order valence-corrected chi connectivity index (χ2v) is 11.1. The highest BCUT2D eigenvalue weighted by molar-refractivity contribution is 5.80. The zero-order chi connectivity index (χ0) is 27.4. The molecule has 0 bridgehead atoms. The number of anilines is 1. The maximum atomic E-state index is 12.2. The Morgan fingerprint density at radius 1 is 1.05 bits per heavy atom. The Hall–Kier alpha value is -3.13. The highest BCUT2D eigenvalue weighted by Crippen LogP contribution is 2.20. The summed E-state index contributed by atoms with van der Waals surface area (Å²) in [7, 11) is 0. The van der Waals surface area contributed by atoms with Crippen LogP contribution < -0.4 is 10.6 Å². The highest BCUT2D eigenvalue weighted by atomic mass is 16.6. The highest BCUT2D eigenvalue weighted by Gasteiger charge is 2.24. The van der Waals surface area contributed by atoms with Crippen LogP contribution in [0, 0.1) is 0 Å². The molecule has 0 radical (unpaired) electrons. The topological polar surface area (TPSA) is 104 Å². The first kappa shape index (κ1) is 29.4. The summed E-state index contributed by atoms with van der Waals surface area (Å²) in [5.74, 6) is -0.0133. The van der Waals surface area contributed by atoms with Crippen molar-refractivity contribution in [1.29, 1.82) is 0 Å². The fourth-order valence-corrected chi connectivity index (χ4v) is 4.66. The van der Waals surface area contributed by atoms with Crippen molar-refractivity contribution in [2.75, 3.05) is 31.5 Å². The molecular weight excluding hydrogens is 480 g/mol. The zero-order valence-corrected chi connectivity index (χ0v) is 23.2. The van der Waals surface area contributed by atoms with E-state index in [1.165, 1.54) is 11.1 Å². The van der Waals surface area contributed by atoms with Crippen molar-refractivity contribution < 1.29 is 19.4 Å². The van der Waals surface area contributed by atoms with E-state index in [0.29, 0.717) is 13.0 Å². The molecule has 8 heteroatoms. The molecule has 208 valence electrons. The van der Waals surface area contributed by atoms with Gasteiger partial charge in [0.05, 0.1) is 0 Å². The minimum Gasteiger partial charge on any atom is -0.480 e. The summed E-state index contributed by atoms with van der Waals surface area (Å²) in [5.41, 5.74) is 3.04. The Morgan fingerprint density at radius 2 is 1.82 bits per heavy atom. The minimum absolute atomic E-state index is 0.317. The predicted molar refractivity (Wildman–Crippen MR) is 151 cm³/mol. The van der Waals surface area contributed by atoms with E-state index in [9.17, 15) is 14.7 Å². The SMILES string of the molecule is CC(C)(C)OC(=O)N[C@@H](CCN(CCCCc1ccc2c(n1)NCCC2)CCCc1ccccc1)C(=O)O. The maximum absolute atomic E-state index is 12.2. The lowest BCUT2D eigenvalue weighted by Crippen LogP contribution is -2.45. The lowest BCUT2D eigenvalue weighted by Gasteiger charge is -2.25. The number of hydrogen-bond acceptors (Lipinski definition) is 6. The predicted octanol–water partition coefficient (Wildman–Crippen LogP) is 5.07. The molecule has 1 aliphatic rings. The molecule has 1 aromatic carbocycles. The first-order chi connectivity index (χ1) is 18.2. The number of nitrogens with one attached hydrogen (secondary N) is 2. The van der Waals surface area contributed by atoms with E-state index < -0.39 is 23.7 Å². The summed E-state index contributed by atoms with van der Waals surface area (Å²) in [5, 5.41) is 15.6. The summed E-state index contributed by atoms with van der Waals surface area (Å²) in [6.07, 6.45) is 6.75. The molecule has 0 unspecified atom stereocenters. The number of pyridine rings is 1. The van der Waals surface area contributed by atoms with E-state index in [0.717, 1.165) is 76.1 Å². The van der Waals surface area contributed by atoms with Crippen LogP contribution in [0.15, 0.2) is 42.5 Å². The van der Waals surface area contributed by atoms with Crippen molar-refractivity contribution in [3.63, 3.8) is 0 Å². The van der Waals surface area contributed by atoms with Gasteiger partial charge in [0, 0.05) is 18.8 Å². The van der Waals surface area contributed by atoms with Crippen molar-refractivity contribution >= 4 is 17.9 Å². The average Bonchev–Trinajstić information content (AvgIpc) is 2.87. The van der Waals surface area contributed by atoms with Crippen LogP contribution in [-0.4, -0.2) is 64.9 Å². The van der Waals surface area contributed by atoms with Crippen LogP contribution >= 0.6 is 0 Å².